The van der Waals surface area contributed by atoms with Crippen molar-refractivity contribution in [3.63, 3.8) is 0 Å². The predicted octanol–water partition coefficient (Wildman–Crippen LogP) is 1.69. The van der Waals surface area contributed by atoms with E-state index >= 15 is 0 Å². The van der Waals surface area contributed by atoms with Crippen LogP contribution in [0.1, 0.15) is 55.5 Å². The third-order valence-electron chi connectivity index (χ3n) is 3.99. The van der Waals surface area contributed by atoms with Gasteiger partial charge in [0.15, 0.2) is 5.76 Å². The lowest BCUT2D eigenvalue weighted by Gasteiger charge is -2.31. The van der Waals surface area contributed by atoms with E-state index in [0.29, 0.717) is 18.8 Å². The van der Waals surface area contributed by atoms with Crippen LogP contribution < -0.4 is 10.6 Å². The fraction of sp³-hybridized carbons (Fsp3) is 0.625. The van der Waals surface area contributed by atoms with Crippen molar-refractivity contribution < 1.29 is 14.0 Å². The van der Waals surface area contributed by atoms with Gasteiger partial charge in [-0.3, -0.25) is 14.5 Å². The van der Waals surface area contributed by atoms with E-state index in [1.54, 1.807) is 6.07 Å². The summed E-state index contributed by atoms with van der Waals surface area (Å²) >= 11 is 0. The van der Waals surface area contributed by atoms with Crippen molar-refractivity contribution in [3.8, 4) is 0 Å². The van der Waals surface area contributed by atoms with Gasteiger partial charge in [0.1, 0.15) is 5.76 Å². The number of hydrogen-bond acceptors (Lipinski definition) is 4. The summed E-state index contributed by atoms with van der Waals surface area (Å²) in [5.41, 5.74) is 0. The van der Waals surface area contributed by atoms with Gasteiger partial charge in [0.2, 0.25) is 5.91 Å². The molecule has 0 aliphatic carbocycles. The molecule has 6 heteroatoms. The zero-order valence-electron chi connectivity index (χ0n) is 13.4. The first-order chi connectivity index (χ1) is 10.6. The van der Waals surface area contributed by atoms with Crippen LogP contribution in [0.2, 0.25) is 0 Å². The van der Waals surface area contributed by atoms with Crippen LogP contribution in [-0.2, 0) is 4.79 Å². The number of hydrogen-bond donors (Lipinski definition) is 2. The lowest BCUT2D eigenvalue weighted by atomic mass is 10.1. The summed E-state index contributed by atoms with van der Waals surface area (Å²) < 4.78 is 5.70. The number of furan rings is 1. The Labute approximate surface area is 131 Å². The van der Waals surface area contributed by atoms with Gasteiger partial charge in [0.25, 0.3) is 5.91 Å². The van der Waals surface area contributed by atoms with Gasteiger partial charge < -0.3 is 15.1 Å². The zero-order valence-corrected chi connectivity index (χ0v) is 13.4. The molecular weight excluding hydrogens is 282 g/mol. The first-order valence-corrected chi connectivity index (χ1v) is 7.94. The van der Waals surface area contributed by atoms with Crippen LogP contribution in [0.4, 0.5) is 0 Å². The van der Waals surface area contributed by atoms with Crippen molar-refractivity contribution >= 4 is 11.8 Å². The Kier molecular flexibility index (Phi) is 6.00. The van der Waals surface area contributed by atoms with Gasteiger partial charge in [-0.05, 0) is 45.0 Å². The van der Waals surface area contributed by atoms with E-state index in [2.05, 4.69) is 22.5 Å². The summed E-state index contributed by atoms with van der Waals surface area (Å²) in [6.45, 7) is 6.53. The van der Waals surface area contributed by atoms with Gasteiger partial charge in [-0.25, -0.2) is 0 Å². The fourth-order valence-corrected chi connectivity index (χ4v) is 2.69. The Hall–Kier alpha value is -1.82. The van der Waals surface area contributed by atoms with Gasteiger partial charge in [0, 0.05) is 20.0 Å². The molecule has 0 spiro atoms. The summed E-state index contributed by atoms with van der Waals surface area (Å²) in [6.07, 6.45) is 3.74. The van der Waals surface area contributed by atoms with Crippen molar-refractivity contribution in [1.29, 1.82) is 0 Å². The molecule has 0 saturated carbocycles. The van der Waals surface area contributed by atoms with E-state index in [9.17, 15) is 9.59 Å². The second kappa shape index (κ2) is 7.98. The average Bonchev–Trinajstić information content (AvgIpc) is 3.01. The molecule has 2 heterocycles. The Morgan fingerprint density at radius 1 is 1.18 bits per heavy atom. The summed E-state index contributed by atoms with van der Waals surface area (Å²) in [6, 6.07) is 3.78. The lowest BCUT2D eigenvalue weighted by molar-refractivity contribution is -0.118. The smallest absolute Gasteiger partial charge is 0.287 e. The molecule has 22 heavy (non-hydrogen) atoms. The molecule has 1 aromatic heterocycles. The monoisotopic (exact) mass is 307 g/mol. The van der Waals surface area contributed by atoms with Gasteiger partial charge >= 0.3 is 0 Å². The van der Waals surface area contributed by atoms with Gasteiger partial charge in [-0.15, -0.1) is 0 Å². The number of carbonyl (C=O) groups is 2. The number of rotatable bonds is 6. The maximum absolute atomic E-state index is 12.0. The van der Waals surface area contributed by atoms with E-state index in [1.165, 1.54) is 26.2 Å². The van der Waals surface area contributed by atoms with E-state index in [0.717, 1.165) is 18.8 Å². The summed E-state index contributed by atoms with van der Waals surface area (Å²) in [4.78, 5) is 25.1. The highest BCUT2D eigenvalue weighted by molar-refractivity contribution is 5.91. The first-order valence-electron chi connectivity index (χ1n) is 7.94. The molecule has 0 unspecified atom stereocenters. The number of nitrogens with zero attached hydrogens (tertiary/aromatic N) is 1. The number of nitrogens with one attached hydrogen (secondary N) is 2. The van der Waals surface area contributed by atoms with Crippen molar-refractivity contribution in [2.75, 3.05) is 26.2 Å². The maximum Gasteiger partial charge on any atom is 0.287 e. The molecule has 2 rings (SSSR count). The first kappa shape index (κ1) is 16.5. The molecule has 6 nitrogen and oxygen atoms in total. The van der Waals surface area contributed by atoms with Crippen LogP contribution in [0.25, 0.3) is 0 Å². The molecule has 122 valence electrons. The highest BCUT2D eigenvalue weighted by Gasteiger charge is 2.21. The molecule has 2 N–H and O–H groups in total. The highest BCUT2D eigenvalue weighted by Crippen LogP contribution is 2.25. The van der Waals surface area contributed by atoms with Gasteiger partial charge in [-0.1, -0.05) is 6.42 Å². The summed E-state index contributed by atoms with van der Waals surface area (Å²) in [5.74, 6) is 0.794. The van der Waals surface area contributed by atoms with Crippen molar-refractivity contribution in [1.82, 2.24) is 15.5 Å². The minimum Gasteiger partial charge on any atom is -0.454 e. The topological polar surface area (TPSA) is 74.6 Å². The standard InChI is InChI=1S/C16H25N3O3/c1-12(19-10-4-3-5-11-19)14-6-7-15(22-14)16(21)18-9-8-17-13(2)20/h6-7,12H,3-5,8-11H2,1-2H3,(H,17,20)(H,18,21)/t12-/m1/s1. The van der Waals surface area contributed by atoms with Crippen LogP contribution in [0, 0.1) is 0 Å². The largest absolute Gasteiger partial charge is 0.454 e. The Morgan fingerprint density at radius 2 is 1.86 bits per heavy atom. The van der Waals surface area contributed by atoms with Gasteiger partial charge in [0.05, 0.1) is 6.04 Å². The summed E-state index contributed by atoms with van der Waals surface area (Å²) in [7, 11) is 0. The second-order valence-corrected chi connectivity index (χ2v) is 5.71. The Morgan fingerprint density at radius 3 is 2.55 bits per heavy atom. The number of amides is 2. The Balaban J connectivity index is 1.84. The van der Waals surface area contributed by atoms with Crippen LogP contribution in [0.15, 0.2) is 16.5 Å². The van der Waals surface area contributed by atoms with Crippen molar-refractivity contribution in [3.05, 3.63) is 23.7 Å². The molecule has 1 aliphatic heterocycles. The van der Waals surface area contributed by atoms with Crippen LogP contribution in [0.3, 0.4) is 0 Å². The van der Waals surface area contributed by atoms with Crippen molar-refractivity contribution in [2.45, 2.75) is 39.2 Å². The number of carbonyl (C=O) groups excluding carboxylic acids is 2. The van der Waals surface area contributed by atoms with E-state index < -0.39 is 0 Å². The zero-order chi connectivity index (χ0) is 15.9. The fourth-order valence-electron chi connectivity index (χ4n) is 2.69. The third kappa shape index (κ3) is 4.59. The minimum absolute atomic E-state index is 0.107. The molecule has 1 saturated heterocycles. The molecule has 0 bridgehead atoms. The molecule has 0 aromatic carbocycles. The SMILES string of the molecule is CC(=O)NCCNC(=O)c1ccc([C@@H](C)N2CCCCC2)o1. The number of piperidine rings is 1. The summed E-state index contributed by atoms with van der Waals surface area (Å²) in [5, 5.41) is 5.35. The van der Waals surface area contributed by atoms with E-state index in [1.807, 2.05) is 6.07 Å². The predicted molar refractivity (Wildman–Crippen MR) is 83.6 cm³/mol. The molecule has 2 amide bonds. The van der Waals surface area contributed by atoms with Crippen molar-refractivity contribution in [2.24, 2.45) is 0 Å². The third-order valence-corrected chi connectivity index (χ3v) is 3.99. The second-order valence-electron chi connectivity index (χ2n) is 5.71. The molecule has 0 radical (unpaired) electrons. The van der Waals surface area contributed by atoms with E-state index in [-0.39, 0.29) is 17.9 Å². The average molecular weight is 307 g/mol. The van der Waals surface area contributed by atoms with Crippen LogP contribution in [0.5, 0.6) is 0 Å². The van der Waals surface area contributed by atoms with Crippen LogP contribution >= 0.6 is 0 Å². The normalized spacial score (nSPS) is 17.0. The van der Waals surface area contributed by atoms with E-state index in [4.69, 9.17) is 4.42 Å². The molecule has 1 fully saturated rings. The van der Waals surface area contributed by atoms with Crippen LogP contribution in [-0.4, -0.2) is 42.9 Å². The minimum atomic E-state index is -0.248. The maximum atomic E-state index is 12.0. The highest BCUT2D eigenvalue weighted by atomic mass is 16.4. The quantitative estimate of drug-likeness (QED) is 0.784. The lowest BCUT2D eigenvalue weighted by Crippen LogP contribution is -2.33. The Bertz CT molecular complexity index is 506. The van der Waals surface area contributed by atoms with Gasteiger partial charge in [-0.2, -0.15) is 0 Å². The molecule has 1 aliphatic rings. The molecule has 1 atom stereocenters. The molecular formula is C16H25N3O3. The number of likely N-dealkylation sites (tertiary alicyclic amines) is 1. The molecule has 1 aromatic rings.